The highest BCUT2D eigenvalue weighted by Crippen LogP contribution is 2.17. The molecule has 0 amide bonds. The molecule has 0 aliphatic carbocycles. The highest BCUT2D eigenvalue weighted by atomic mass is 16.5. The molecule has 0 N–H and O–H groups in total. The van der Waals surface area contributed by atoms with Crippen LogP contribution < -0.4 is 0 Å². The summed E-state index contributed by atoms with van der Waals surface area (Å²) in [6, 6.07) is 0. The molecule has 0 rings (SSSR count). The Hall–Kier alpha value is -0.340. The molecule has 17 heavy (non-hydrogen) atoms. The van der Waals surface area contributed by atoms with Gasteiger partial charge in [0.1, 0.15) is 0 Å². The van der Waals surface area contributed by atoms with Crippen molar-refractivity contribution in [2.75, 3.05) is 13.2 Å². The van der Waals surface area contributed by atoms with Gasteiger partial charge in [0.05, 0.1) is 11.2 Å². The van der Waals surface area contributed by atoms with E-state index in [-0.39, 0.29) is 11.2 Å². The van der Waals surface area contributed by atoms with Gasteiger partial charge in [0, 0.05) is 13.2 Å². The van der Waals surface area contributed by atoms with Crippen molar-refractivity contribution in [3.63, 3.8) is 0 Å². The summed E-state index contributed by atoms with van der Waals surface area (Å²) in [5.41, 5.74) is -0.0312. The molecule has 0 aromatic carbocycles. The third kappa shape index (κ3) is 49.8. The minimum Gasteiger partial charge on any atom is -0.382 e. The van der Waals surface area contributed by atoms with Gasteiger partial charge in [-0.3, -0.25) is 0 Å². The molecule has 2 nitrogen and oxygen atoms in total. The van der Waals surface area contributed by atoms with E-state index in [0.29, 0.717) is 0 Å². The largest absolute Gasteiger partial charge is 0.382 e. The number of rotatable bonds is 2. The van der Waals surface area contributed by atoms with Gasteiger partial charge in [0.25, 0.3) is 0 Å². The lowest BCUT2D eigenvalue weighted by Crippen LogP contribution is -2.31. The van der Waals surface area contributed by atoms with Crippen LogP contribution in [-0.2, 0) is 9.47 Å². The van der Waals surface area contributed by atoms with Crippen molar-refractivity contribution in [1.82, 2.24) is 0 Å². The Morgan fingerprint density at radius 3 is 1.12 bits per heavy atom. The molecule has 0 atom stereocenters. The highest BCUT2D eigenvalue weighted by Gasteiger charge is 2.19. The number of hydrogen-bond donors (Lipinski definition) is 0. The Kier molecular flexibility index (Phi) is 15.6. The minimum atomic E-state index is -0.0156. The topological polar surface area (TPSA) is 18.5 Å². The molecule has 0 bridgehead atoms. The Morgan fingerprint density at radius 1 is 0.882 bits per heavy atom. The lowest BCUT2D eigenvalue weighted by molar-refractivity contribution is -0.102. The van der Waals surface area contributed by atoms with Crippen LogP contribution in [0.3, 0.4) is 0 Å². The fourth-order valence-corrected chi connectivity index (χ4v) is 1.12. The van der Waals surface area contributed by atoms with E-state index in [1.165, 1.54) is 0 Å². The van der Waals surface area contributed by atoms with Crippen LogP contribution in [0.25, 0.3) is 0 Å². The van der Waals surface area contributed by atoms with Gasteiger partial charge in [0.15, 0.2) is 0 Å². The van der Waals surface area contributed by atoms with Gasteiger partial charge in [-0.1, -0.05) is 6.08 Å². The van der Waals surface area contributed by atoms with Crippen LogP contribution >= 0.6 is 0 Å². The minimum absolute atomic E-state index is 0.0156. The quantitative estimate of drug-likeness (QED) is 0.649. The number of allylic oxidation sites excluding steroid dienone is 1. The predicted octanol–water partition coefficient (Wildman–Crippen LogP) is 4.84. The summed E-state index contributed by atoms with van der Waals surface area (Å²) in [5, 5.41) is 0. The van der Waals surface area contributed by atoms with Gasteiger partial charge in [-0.2, -0.15) is 0 Å². The first-order valence-corrected chi connectivity index (χ1v) is 6.39. The molecule has 0 saturated heterocycles. The summed E-state index contributed by atoms with van der Waals surface area (Å²) >= 11 is 0. The first-order chi connectivity index (χ1) is 7.54. The summed E-state index contributed by atoms with van der Waals surface area (Å²) in [6.07, 6.45) is 1.75. The molecule has 106 valence electrons. The Morgan fingerprint density at radius 2 is 1.12 bits per heavy atom. The van der Waals surface area contributed by atoms with E-state index in [4.69, 9.17) is 9.47 Å². The van der Waals surface area contributed by atoms with Crippen LogP contribution in [0.4, 0.5) is 0 Å². The van der Waals surface area contributed by atoms with Crippen LogP contribution in [0.15, 0.2) is 12.7 Å². The lowest BCUT2D eigenvalue weighted by atomic mass is 10.1. The van der Waals surface area contributed by atoms with Gasteiger partial charge < -0.3 is 9.47 Å². The third-order valence-electron chi connectivity index (χ3n) is 1.02. The molecule has 0 aliphatic heterocycles. The summed E-state index contributed by atoms with van der Waals surface area (Å²) < 4.78 is 10.5. The van der Waals surface area contributed by atoms with Crippen molar-refractivity contribution in [3.05, 3.63) is 12.7 Å². The average Bonchev–Trinajstić information content (AvgIpc) is 2.00. The third-order valence-corrected chi connectivity index (χ3v) is 1.02. The smallest absolute Gasteiger partial charge is 0.0605 e. The molecular formula is C15H34O2. The monoisotopic (exact) mass is 246 g/mol. The second-order valence-corrected chi connectivity index (χ2v) is 5.52. The molecule has 2 heteroatoms. The van der Waals surface area contributed by atoms with Gasteiger partial charge in [-0.15, -0.1) is 6.58 Å². The van der Waals surface area contributed by atoms with Crippen LogP contribution in [0.2, 0.25) is 0 Å². The molecular weight excluding hydrogens is 212 g/mol. The molecule has 0 spiro atoms. The van der Waals surface area contributed by atoms with E-state index in [2.05, 4.69) is 48.1 Å². The second-order valence-electron chi connectivity index (χ2n) is 5.52. The SMILES string of the molecule is C=CC.CC(C)(C)OC(C)(C)C.CCOCC. The highest BCUT2D eigenvalue weighted by molar-refractivity contribution is 4.68. The van der Waals surface area contributed by atoms with Crippen molar-refractivity contribution < 1.29 is 9.47 Å². The van der Waals surface area contributed by atoms with E-state index in [9.17, 15) is 0 Å². The summed E-state index contributed by atoms with van der Waals surface area (Å²) in [4.78, 5) is 0. The first-order valence-electron chi connectivity index (χ1n) is 6.39. The molecule has 0 fully saturated rings. The van der Waals surface area contributed by atoms with E-state index in [1.54, 1.807) is 6.08 Å². The number of ether oxygens (including phenoxy) is 2. The Labute approximate surface area is 109 Å². The van der Waals surface area contributed by atoms with E-state index in [1.807, 2.05) is 20.8 Å². The fourth-order valence-electron chi connectivity index (χ4n) is 1.12. The van der Waals surface area contributed by atoms with E-state index >= 15 is 0 Å². The zero-order valence-corrected chi connectivity index (χ0v) is 13.5. The van der Waals surface area contributed by atoms with Crippen LogP contribution in [0, 0.1) is 0 Å². The fraction of sp³-hybridized carbons (Fsp3) is 0.867. The van der Waals surface area contributed by atoms with Crippen LogP contribution in [0.5, 0.6) is 0 Å². The van der Waals surface area contributed by atoms with Crippen LogP contribution in [0.1, 0.15) is 62.3 Å². The maximum absolute atomic E-state index is 5.62. The molecule has 0 saturated carbocycles. The predicted molar refractivity (Wildman–Crippen MR) is 78.6 cm³/mol. The maximum atomic E-state index is 5.62. The lowest BCUT2D eigenvalue weighted by Gasteiger charge is -2.30. The van der Waals surface area contributed by atoms with Crippen molar-refractivity contribution in [3.8, 4) is 0 Å². The first kappa shape index (κ1) is 21.9. The zero-order chi connectivity index (χ0) is 14.5. The van der Waals surface area contributed by atoms with Gasteiger partial charge in [-0.05, 0) is 62.3 Å². The molecule has 0 unspecified atom stereocenters. The molecule has 0 aromatic heterocycles. The second kappa shape index (κ2) is 12.1. The van der Waals surface area contributed by atoms with E-state index < -0.39 is 0 Å². The molecule has 0 radical (unpaired) electrons. The normalized spacial score (nSPS) is 10.6. The molecule has 0 aliphatic rings. The van der Waals surface area contributed by atoms with Crippen molar-refractivity contribution in [2.45, 2.75) is 73.5 Å². The Bertz CT molecular complexity index is 135. The number of hydrogen-bond acceptors (Lipinski definition) is 2. The van der Waals surface area contributed by atoms with Gasteiger partial charge >= 0.3 is 0 Å². The zero-order valence-electron chi connectivity index (χ0n) is 13.5. The molecule has 0 heterocycles. The van der Waals surface area contributed by atoms with Gasteiger partial charge in [0.2, 0.25) is 0 Å². The standard InChI is InChI=1S/C8H18O.C4H10O.C3H6/c1-7(2,3)9-8(4,5)6;1-3-5-4-2;1-3-2/h1-6H3;3-4H2,1-2H3;3H,1H2,2H3. The molecule has 0 aromatic rings. The van der Waals surface area contributed by atoms with Crippen molar-refractivity contribution in [2.24, 2.45) is 0 Å². The van der Waals surface area contributed by atoms with Crippen molar-refractivity contribution >= 4 is 0 Å². The maximum Gasteiger partial charge on any atom is 0.0605 e. The van der Waals surface area contributed by atoms with Crippen LogP contribution in [-0.4, -0.2) is 24.4 Å². The van der Waals surface area contributed by atoms with E-state index in [0.717, 1.165) is 13.2 Å². The summed E-state index contributed by atoms with van der Waals surface area (Å²) in [6.45, 7) is 23.3. The van der Waals surface area contributed by atoms with Crippen molar-refractivity contribution in [1.29, 1.82) is 0 Å². The van der Waals surface area contributed by atoms with Gasteiger partial charge in [-0.25, -0.2) is 0 Å². The Balaban J connectivity index is -0.000000207. The average molecular weight is 246 g/mol. The summed E-state index contributed by atoms with van der Waals surface area (Å²) in [7, 11) is 0. The summed E-state index contributed by atoms with van der Waals surface area (Å²) in [5.74, 6) is 0.